The summed E-state index contributed by atoms with van der Waals surface area (Å²) < 4.78 is 0.910. The van der Waals surface area contributed by atoms with E-state index in [-0.39, 0.29) is 11.5 Å². The fraction of sp³-hybridized carbons (Fsp3) is 0.167. The quantitative estimate of drug-likeness (QED) is 0.657. The van der Waals surface area contributed by atoms with E-state index < -0.39 is 4.92 Å². The van der Waals surface area contributed by atoms with Crippen molar-refractivity contribution >= 4 is 39.1 Å². The Hall–Kier alpha value is -2.22. The molecule has 0 radical (unpaired) electrons. The van der Waals surface area contributed by atoms with E-state index in [2.05, 4.69) is 36.5 Å². The first-order chi connectivity index (χ1) is 9.52. The highest BCUT2D eigenvalue weighted by atomic mass is 79.9. The molecule has 1 aromatic heterocycles. The van der Waals surface area contributed by atoms with E-state index in [0.717, 1.165) is 15.7 Å². The molecule has 0 aliphatic rings. The average molecular weight is 338 g/mol. The van der Waals surface area contributed by atoms with E-state index in [1.165, 1.54) is 6.20 Å². The van der Waals surface area contributed by atoms with E-state index in [4.69, 9.17) is 0 Å². The largest absolute Gasteiger partial charge is 0.357 e. The average Bonchev–Trinajstić information content (AvgIpc) is 2.43. The molecule has 0 amide bonds. The van der Waals surface area contributed by atoms with E-state index in [9.17, 15) is 10.1 Å². The van der Waals surface area contributed by atoms with Crippen molar-refractivity contribution in [2.24, 2.45) is 0 Å². The van der Waals surface area contributed by atoms with Gasteiger partial charge >= 0.3 is 5.69 Å². The molecule has 0 saturated carbocycles. The number of benzene rings is 1. The number of rotatable bonds is 4. The number of hydrogen-bond donors (Lipinski definition) is 2. The summed E-state index contributed by atoms with van der Waals surface area (Å²) in [6.45, 7) is 1.90. The van der Waals surface area contributed by atoms with Crippen LogP contribution in [-0.4, -0.2) is 21.9 Å². The summed E-state index contributed by atoms with van der Waals surface area (Å²) in [4.78, 5) is 18.4. The summed E-state index contributed by atoms with van der Waals surface area (Å²) in [6.07, 6.45) is 1.18. The summed E-state index contributed by atoms with van der Waals surface area (Å²) in [6, 6.07) is 5.56. The van der Waals surface area contributed by atoms with Gasteiger partial charge in [0.15, 0.2) is 0 Å². The molecule has 0 atom stereocenters. The molecular weight excluding hydrogens is 326 g/mol. The third kappa shape index (κ3) is 2.85. The monoisotopic (exact) mass is 337 g/mol. The van der Waals surface area contributed by atoms with Gasteiger partial charge in [-0.25, -0.2) is 4.98 Å². The van der Waals surface area contributed by atoms with E-state index >= 15 is 0 Å². The number of nitrogens with zero attached hydrogens (tertiary/aromatic N) is 3. The zero-order valence-corrected chi connectivity index (χ0v) is 12.4. The van der Waals surface area contributed by atoms with Crippen molar-refractivity contribution in [3.8, 4) is 0 Å². The maximum atomic E-state index is 11.0. The van der Waals surface area contributed by atoms with Crippen molar-refractivity contribution in [1.82, 2.24) is 9.97 Å². The Labute approximate surface area is 123 Å². The molecule has 0 fully saturated rings. The zero-order chi connectivity index (χ0) is 14.7. The van der Waals surface area contributed by atoms with Gasteiger partial charge in [-0.15, -0.1) is 0 Å². The van der Waals surface area contributed by atoms with Crippen molar-refractivity contribution in [2.75, 3.05) is 17.7 Å². The van der Waals surface area contributed by atoms with Crippen LogP contribution < -0.4 is 10.6 Å². The van der Waals surface area contributed by atoms with Crippen LogP contribution in [0.1, 0.15) is 5.56 Å². The molecule has 0 saturated heterocycles. The topological polar surface area (TPSA) is 93.0 Å². The van der Waals surface area contributed by atoms with Crippen LogP contribution in [0.5, 0.6) is 0 Å². The Morgan fingerprint density at radius 3 is 2.80 bits per heavy atom. The minimum Gasteiger partial charge on any atom is -0.357 e. The lowest BCUT2D eigenvalue weighted by molar-refractivity contribution is -0.384. The molecule has 0 aliphatic heterocycles. The molecule has 0 bridgehead atoms. The highest BCUT2D eigenvalue weighted by molar-refractivity contribution is 9.10. The van der Waals surface area contributed by atoms with Crippen LogP contribution in [0.2, 0.25) is 0 Å². The predicted octanol–water partition coefficient (Wildman–Crippen LogP) is 3.24. The fourth-order valence-corrected chi connectivity index (χ4v) is 1.96. The summed E-state index contributed by atoms with van der Waals surface area (Å²) in [7, 11) is 1.65. The van der Waals surface area contributed by atoms with Crippen molar-refractivity contribution in [3.05, 3.63) is 44.5 Å². The van der Waals surface area contributed by atoms with Crippen LogP contribution in [0.25, 0.3) is 0 Å². The molecule has 2 N–H and O–H groups in total. The molecular formula is C12H12BrN5O2. The summed E-state index contributed by atoms with van der Waals surface area (Å²) in [5, 5.41) is 16.7. The molecule has 7 nitrogen and oxygen atoms in total. The molecule has 1 aromatic carbocycles. The van der Waals surface area contributed by atoms with E-state index in [1.807, 2.05) is 25.1 Å². The smallest absolute Gasteiger partial charge is 0.329 e. The molecule has 0 unspecified atom stereocenters. The number of hydrogen-bond acceptors (Lipinski definition) is 6. The highest BCUT2D eigenvalue weighted by Gasteiger charge is 2.18. The summed E-state index contributed by atoms with van der Waals surface area (Å²) in [5.41, 5.74) is 1.50. The lowest BCUT2D eigenvalue weighted by Gasteiger charge is -2.10. The van der Waals surface area contributed by atoms with Gasteiger partial charge in [-0.2, -0.15) is 4.98 Å². The van der Waals surface area contributed by atoms with Gasteiger partial charge in [-0.1, -0.05) is 22.0 Å². The van der Waals surface area contributed by atoms with E-state index in [0.29, 0.717) is 5.95 Å². The van der Waals surface area contributed by atoms with Gasteiger partial charge in [0.1, 0.15) is 6.20 Å². The summed E-state index contributed by atoms with van der Waals surface area (Å²) >= 11 is 3.42. The van der Waals surface area contributed by atoms with Crippen LogP contribution in [0.15, 0.2) is 28.9 Å². The second kappa shape index (κ2) is 5.83. The Bertz CT molecular complexity index is 662. The minimum absolute atomic E-state index is 0.149. The molecule has 1 heterocycles. The molecule has 8 heteroatoms. The second-order valence-corrected chi connectivity index (χ2v) is 4.83. The van der Waals surface area contributed by atoms with Crippen molar-refractivity contribution in [2.45, 2.75) is 6.92 Å². The molecule has 2 rings (SSSR count). The van der Waals surface area contributed by atoms with Crippen molar-refractivity contribution in [1.29, 1.82) is 0 Å². The molecule has 0 spiro atoms. The Kier molecular flexibility index (Phi) is 4.14. The third-order valence-corrected chi connectivity index (χ3v) is 3.57. The number of nitrogens with one attached hydrogen (secondary N) is 2. The minimum atomic E-state index is -0.519. The van der Waals surface area contributed by atoms with E-state index in [1.54, 1.807) is 7.05 Å². The first-order valence-electron chi connectivity index (χ1n) is 5.74. The Balaban J connectivity index is 2.46. The Morgan fingerprint density at radius 2 is 2.15 bits per heavy atom. The van der Waals surface area contributed by atoms with Crippen LogP contribution >= 0.6 is 15.9 Å². The predicted molar refractivity (Wildman–Crippen MR) is 80.4 cm³/mol. The van der Waals surface area contributed by atoms with Crippen LogP contribution in [0.4, 0.5) is 23.1 Å². The fourth-order valence-electron chi connectivity index (χ4n) is 1.59. The SMILES string of the molecule is CNc1ncc([N+](=O)[O-])c(Nc2cccc(Br)c2C)n1. The molecule has 0 aliphatic carbocycles. The molecule has 2 aromatic rings. The standard InChI is InChI=1S/C12H12BrN5O2/c1-7-8(13)4-3-5-9(7)16-11-10(18(19)20)6-15-12(14-2)17-11/h3-6H,1-2H3,(H2,14,15,16,17). The van der Waals surface area contributed by atoms with Gasteiger partial charge in [0.25, 0.3) is 0 Å². The zero-order valence-electron chi connectivity index (χ0n) is 10.8. The van der Waals surface area contributed by atoms with Gasteiger partial charge in [0.05, 0.1) is 4.92 Å². The normalized spacial score (nSPS) is 10.2. The van der Waals surface area contributed by atoms with Crippen LogP contribution in [-0.2, 0) is 0 Å². The number of halogens is 1. The number of nitro groups is 1. The lowest BCUT2D eigenvalue weighted by atomic mass is 10.2. The highest BCUT2D eigenvalue weighted by Crippen LogP contribution is 2.30. The van der Waals surface area contributed by atoms with Gasteiger partial charge in [0, 0.05) is 17.2 Å². The number of anilines is 3. The Morgan fingerprint density at radius 1 is 1.40 bits per heavy atom. The van der Waals surface area contributed by atoms with Crippen LogP contribution in [0, 0.1) is 17.0 Å². The van der Waals surface area contributed by atoms with Crippen molar-refractivity contribution < 1.29 is 4.92 Å². The second-order valence-electron chi connectivity index (χ2n) is 3.97. The van der Waals surface area contributed by atoms with Gasteiger partial charge in [-0.05, 0) is 24.6 Å². The molecule has 104 valence electrons. The van der Waals surface area contributed by atoms with Gasteiger partial charge in [-0.3, -0.25) is 10.1 Å². The van der Waals surface area contributed by atoms with Gasteiger partial charge in [0.2, 0.25) is 11.8 Å². The van der Waals surface area contributed by atoms with Gasteiger partial charge < -0.3 is 10.6 Å². The maximum absolute atomic E-state index is 11.0. The first kappa shape index (κ1) is 14.2. The van der Waals surface area contributed by atoms with Crippen LogP contribution in [0.3, 0.4) is 0 Å². The third-order valence-electron chi connectivity index (χ3n) is 2.71. The maximum Gasteiger partial charge on any atom is 0.329 e. The first-order valence-corrected chi connectivity index (χ1v) is 6.53. The lowest BCUT2D eigenvalue weighted by Crippen LogP contribution is -2.05. The number of aromatic nitrogens is 2. The summed E-state index contributed by atoms with van der Waals surface area (Å²) in [5.74, 6) is 0.460. The van der Waals surface area contributed by atoms with Crippen molar-refractivity contribution in [3.63, 3.8) is 0 Å². The molecule has 20 heavy (non-hydrogen) atoms.